The summed E-state index contributed by atoms with van der Waals surface area (Å²) in [5, 5.41) is 0.282. The molecule has 7 nitrogen and oxygen atoms in total. The van der Waals surface area contributed by atoms with Gasteiger partial charge in [0, 0.05) is 0 Å². The number of hydrogen-bond acceptors (Lipinski definition) is 6. The molecule has 0 amide bonds. The van der Waals surface area contributed by atoms with Crippen LogP contribution in [-0.2, 0) is 9.53 Å². The Morgan fingerprint density at radius 3 is 1.88 bits per heavy atom. The average Bonchev–Trinajstić information content (AvgIpc) is 1.98. The van der Waals surface area contributed by atoms with Crippen molar-refractivity contribution in [2.75, 3.05) is 39.6 Å². The Bertz CT molecular complexity index is 196. The molecule has 0 aliphatic carbocycles. The molecule has 9 heteroatoms. The Morgan fingerprint density at radius 1 is 1.25 bits per heavy atom. The van der Waals surface area contributed by atoms with Crippen LogP contribution in [0.15, 0.2) is 0 Å². The number of likely N-dealkylation sites (N-methyl/N-ethyl adjacent to an activating group) is 1. The van der Waals surface area contributed by atoms with Crippen LogP contribution in [0.25, 0.3) is 0 Å². The molecule has 0 N–H and O–H groups in total. The second-order valence-corrected chi connectivity index (χ2v) is 5.06. The third-order valence-corrected chi connectivity index (χ3v) is 1.59. The van der Waals surface area contributed by atoms with E-state index in [9.17, 15) is 4.79 Å². The monoisotopic (exact) mass is 323 g/mol. The molecule has 0 heterocycles. The third kappa shape index (κ3) is 29.2. The first-order valence-corrected chi connectivity index (χ1v) is 6.45. The van der Waals surface area contributed by atoms with Crippen molar-refractivity contribution in [3.8, 4) is 0 Å². The Kier molecular flexibility index (Phi) is 9.41. The van der Waals surface area contributed by atoms with Crippen LogP contribution >= 0.6 is 15.9 Å². The van der Waals surface area contributed by atoms with Crippen LogP contribution in [-0.4, -0.2) is 50.1 Å². The number of halogens is 2. The second-order valence-electron chi connectivity index (χ2n) is 3.75. The van der Waals surface area contributed by atoms with Crippen LogP contribution in [0.2, 0.25) is 0 Å². The van der Waals surface area contributed by atoms with Crippen LogP contribution < -0.4 is 18.6 Å². The fourth-order valence-electron chi connectivity index (χ4n) is 0.472. The number of ether oxygens (including phenoxy) is 1. The van der Waals surface area contributed by atoms with Crippen molar-refractivity contribution in [2.45, 2.75) is 0 Å². The first-order chi connectivity index (χ1) is 6.95. The summed E-state index contributed by atoms with van der Waals surface area (Å²) >= 11 is 3.02. The molecule has 0 aromatic heterocycles. The summed E-state index contributed by atoms with van der Waals surface area (Å²) < 4.78 is 39.7. The van der Waals surface area contributed by atoms with Gasteiger partial charge in [-0.1, -0.05) is 15.9 Å². The fraction of sp³-hybridized carbons (Fsp3) is 0.857. The molecule has 0 spiro atoms. The lowest BCUT2D eigenvalue weighted by Crippen LogP contribution is -2.68. The average molecular weight is 325 g/mol. The summed E-state index contributed by atoms with van der Waals surface area (Å²) in [6, 6.07) is 0. The number of nitrogens with zero attached hydrogens (tertiary/aromatic N) is 1. The van der Waals surface area contributed by atoms with E-state index in [0.29, 0.717) is 6.61 Å². The van der Waals surface area contributed by atoms with Gasteiger partial charge < -0.3 is 9.22 Å². The lowest BCUT2D eigenvalue weighted by molar-refractivity contribution is -2.00. The fourth-order valence-corrected chi connectivity index (χ4v) is 0.634. The normalized spacial score (nSPS) is 11.5. The zero-order valence-corrected chi connectivity index (χ0v) is 11.6. The molecule has 16 heavy (non-hydrogen) atoms. The van der Waals surface area contributed by atoms with E-state index in [1.165, 1.54) is 0 Å². The van der Waals surface area contributed by atoms with E-state index < -0.39 is 10.2 Å². The molecule has 0 unspecified atom stereocenters. The van der Waals surface area contributed by atoms with Crippen LogP contribution in [0.3, 0.4) is 0 Å². The highest BCUT2D eigenvalue weighted by Gasteiger charge is 2.07. The number of alkyl halides is 1. The Labute approximate surface area is 105 Å². The second kappa shape index (κ2) is 8.18. The smallest absolute Gasteiger partial charge is 0.316 e. The van der Waals surface area contributed by atoms with Crippen molar-refractivity contribution in [3.63, 3.8) is 0 Å². The minimum atomic E-state index is -4.94. The molecule has 0 rings (SSSR count). The van der Waals surface area contributed by atoms with Crippen molar-refractivity contribution < 1.29 is 42.9 Å². The van der Waals surface area contributed by atoms with Gasteiger partial charge in [-0.05, 0) is 0 Å². The topological polar surface area (TPSA) is 119 Å². The van der Waals surface area contributed by atoms with E-state index in [4.69, 9.17) is 23.4 Å². The molecule has 0 aliphatic rings. The molecule has 0 aromatic rings. The molecule has 0 fully saturated rings. The van der Waals surface area contributed by atoms with Crippen LogP contribution in [0.5, 0.6) is 0 Å². The first-order valence-electron chi connectivity index (χ1n) is 4.09. The van der Waals surface area contributed by atoms with E-state index in [1.807, 2.05) is 0 Å². The van der Waals surface area contributed by atoms with E-state index in [1.54, 1.807) is 0 Å². The van der Waals surface area contributed by atoms with E-state index in [2.05, 4.69) is 37.1 Å². The Hall–Kier alpha value is 0.0400. The van der Waals surface area contributed by atoms with E-state index >= 15 is 0 Å². The number of rotatable bonds is 4. The minimum absolute atomic E-state index is 0.196. The van der Waals surface area contributed by atoms with Gasteiger partial charge in [0.05, 0.1) is 21.1 Å². The molecule has 0 bridgehead atoms. The van der Waals surface area contributed by atoms with Gasteiger partial charge in [-0.15, -0.1) is 10.2 Å². The lowest BCUT2D eigenvalue weighted by Gasteiger charge is -2.23. The maximum atomic E-state index is 10.6. The van der Waals surface area contributed by atoms with Gasteiger partial charge in [0.25, 0.3) is 0 Å². The van der Waals surface area contributed by atoms with Crippen molar-refractivity contribution >= 4 is 21.9 Å². The summed E-state index contributed by atoms with van der Waals surface area (Å²) in [5.74, 6) is -0.196. The molecule has 98 valence electrons. The first kappa shape index (κ1) is 18.4. The zero-order chi connectivity index (χ0) is 13.4. The summed E-state index contributed by atoms with van der Waals surface area (Å²) in [7, 11) is 1.23. The van der Waals surface area contributed by atoms with Crippen molar-refractivity contribution in [2.24, 2.45) is 0 Å². The Balaban J connectivity index is 0. The van der Waals surface area contributed by atoms with Crippen molar-refractivity contribution in [1.82, 2.24) is 0 Å². The highest BCUT2D eigenvalue weighted by Crippen LogP contribution is 1.91. The van der Waals surface area contributed by atoms with Gasteiger partial charge >= 0.3 is 5.97 Å². The molecule has 0 aromatic carbocycles. The highest BCUT2D eigenvalue weighted by molar-refractivity contribution is 9.09. The highest BCUT2D eigenvalue weighted by atomic mass is 79.9. The summed E-state index contributed by atoms with van der Waals surface area (Å²) in [6.45, 7) is 1.34. The van der Waals surface area contributed by atoms with Gasteiger partial charge in [-0.25, -0.2) is 18.6 Å². The molecule has 0 atom stereocenters. The maximum Gasteiger partial charge on any atom is 0.316 e. The predicted octanol–water partition coefficient (Wildman–Crippen LogP) is -4.13. The van der Waals surface area contributed by atoms with E-state index in [0.717, 1.165) is 11.0 Å². The van der Waals surface area contributed by atoms with Gasteiger partial charge in [0.15, 0.2) is 0 Å². The van der Waals surface area contributed by atoms with Crippen molar-refractivity contribution in [3.05, 3.63) is 0 Å². The number of carbonyl (C=O) groups excluding carboxylic acids is 1. The summed E-state index contributed by atoms with van der Waals surface area (Å²) in [5.41, 5.74) is 0. The van der Waals surface area contributed by atoms with Gasteiger partial charge in [0.1, 0.15) is 18.5 Å². The zero-order valence-electron chi connectivity index (χ0n) is 9.27. The minimum Gasteiger partial charge on any atom is -0.459 e. The van der Waals surface area contributed by atoms with Gasteiger partial charge in [-0.2, -0.15) is 0 Å². The third-order valence-electron chi connectivity index (χ3n) is 1.13. The van der Waals surface area contributed by atoms with Crippen LogP contribution in [0.4, 0.5) is 0 Å². The summed E-state index contributed by atoms with van der Waals surface area (Å²) in [6.07, 6.45) is 0. The lowest BCUT2D eigenvalue weighted by atomic mass is 10.5. The number of hydrogen-bond donors (Lipinski definition) is 0. The van der Waals surface area contributed by atoms with Gasteiger partial charge in [0.2, 0.25) is 0 Å². The molecule has 0 radical (unpaired) electrons. The van der Waals surface area contributed by atoms with E-state index in [-0.39, 0.29) is 11.3 Å². The number of quaternary nitrogens is 1. The quantitative estimate of drug-likeness (QED) is 0.294. The molecular formula is C7H15BrClNO6. The van der Waals surface area contributed by atoms with Crippen LogP contribution in [0, 0.1) is 10.2 Å². The van der Waals surface area contributed by atoms with Crippen LogP contribution in [0.1, 0.15) is 0 Å². The molecular weight excluding hydrogens is 309 g/mol. The SMILES string of the molecule is C[N+](C)(C)CCOC(=O)CBr.[O-][Cl+3]([O-])([O-])[O-]. The van der Waals surface area contributed by atoms with Crippen molar-refractivity contribution in [1.29, 1.82) is 0 Å². The number of carbonyl (C=O) groups is 1. The standard InChI is InChI=1S/C7H15BrNO2.ClHO4/c1-9(2,3)4-5-11-7(10)6-8;2-1(3,4)5/h4-6H2,1-3H3;(H,2,3,4,5)/q+1;/p-1. The van der Waals surface area contributed by atoms with Gasteiger partial charge in [-0.3, -0.25) is 4.79 Å². The molecule has 0 saturated heterocycles. The number of esters is 1. The predicted molar refractivity (Wildman–Crippen MR) is 47.7 cm³/mol. The molecule has 0 saturated carbocycles. The maximum absolute atomic E-state index is 10.6. The summed E-state index contributed by atoms with van der Waals surface area (Å²) in [4.78, 5) is 10.6. The Morgan fingerprint density at radius 2 is 1.62 bits per heavy atom. The molecule has 0 aliphatic heterocycles. The largest absolute Gasteiger partial charge is 0.459 e.